The Bertz CT molecular complexity index is 457. The standard InChI is InChI=1S/C15H21ClN2O2/c1-2-12-10-13(4-5-14(12)16)20-11-15(19)18-8-3-6-17-7-9-18/h4-5,10,17H,2-3,6-9,11H2,1H3. The maximum atomic E-state index is 12.1. The zero-order chi connectivity index (χ0) is 14.4. The Morgan fingerprint density at radius 3 is 3.05 bits per heavy atom. The van der Waals surface area contributed by atoms with Crippen molar-refractivity contribution in [3.8, 4) is 5.75 Å². The number of ether oxygens (including phenoxy) is 1. The van der Waals surface area contributed by atoms with Gasteiger partial charge in [0.2, 0.25) is 0 Å². The number of aryl methyl sites for hydroxylation is 1. The Morgan fingerprint density at radius 1 is 1.40 bits per heavy atom. The molecule has 2 rings (SSSR count). The highest BCUT2D eigenvalue weighted by Gasteiger charge is 2.15. The fraction of sp³-hybridized carbons (Fsp3) is 0.533. The van der Waals surface area contributed by atoms with Crippen LogP contribution in [0.15, 0.2) is 18.2 Å². The Kier molecular flexibility index (Phi) is 5.68. The normalized spacial score (nSPS) is 15.8. The SMILES string of the molecule is CCc1cc(OCC(=O)N2CCCNCC2)ccc1Cl. The highest BCUT2D eigenvalue weighted by atomic mass is 35.5. The molecule has 0 aliphatic carbocycles. The van der Waals surface area contributed by atoms with Gasteiger partial charge in [0, 0.05) is 24.7 Å². The molecule has 1 fully saturated rings. The summed E-state index contributed by atoms with van der Waals surface area (Å²) >= 11 is 6.06. The zero-order valence-corrected chi connectivity index (χ0v) is 12.6. The molecule has 1 amide bonds. The van der Waals surface area contributed by atoms with Gasteiger partial charge in [0.15, 0.2) is 6.61 Å². The number of benzene rings is 1. The van der Waals surface area contributed by atoms with Crippen LogP contribution >= 0.6 is 11.6 Å². The molecule has 1 aliphatic heterocycles. The van der Waals surface area contributed by atoms with Crippen LogP contribution in [0.2, 0.25) is 5.02 Å². The Morgan fingerprint density at radius 2 is 2.25 bits per heavy atom. The molecule has 1 N–H and O–H groups in total. The topological polar surface area (TPSA) is 41.6 Å². The van der Waals surface area contributed by atoms with Crippen molar-refractivity contribution >= 4 is 17.5 Å². The maximum absolute atomic E-state index is 12.1. The number of carbonyl (C=O) groups is 1. The molecular weight excluding hydrogens is 276 g/mol. The first-order chi connectivity index (χ1) is 9.70. The molecule has 4 nitrogen and oxygen atoms in total. The van der Waals surface area contributed by atoms with E-state index in [1.54, 1.807) is 6.07 Å². The van der Waals surface area contributed by atoms with Gasteiger partial charge in [0.05, 0.1) is 0 Å². The molecule has 0 spiro atoms. The lowest BCUT2D eigenvalue weighted by molar-refractivity contribution is -0.133. The van der Waals surface area contributed by atoms with Gasteiger partial charge in [-0.05, 0) is 43.1 Å². The highest BCUT2D eigenvalue weighted by molar-refractivity contribution is 6.31. The highest BCUT2D eigenvalue weighted by Crippen LogP contribution is 2.22. The summed E-state index contributed by atoms with van der Waals surface area (Å²) in [6.45, 7) is 5.51. The molecule has 1 aliphatic rings. The van der Waals surface area contributed by atoms with Crippen LogP contribution in [0.5, 0.6) is 5.75 Å². The average molecular weight is 297 g/mol. The predicted molar refractivity (Wildman–Crippen MR) is 80.4 cm³/mol. The number of nitrogens with zero attached hydrogens (tertiary/aromatic N) is 1. The van der Waals surface area contributed by atoms with Crippen molar-refractivity contribution in [2.45, 2.75) is 19.8 Å². The lowest BCUT2D eigenvalue weighted by Crippen LogP contribution is -2.37. The van der Waals surface area contributed by atoms with Gasteiger partial charge in [-0.1, -0.05) is 18.5 Å². The van der Waals surface area contributed by atoms with Crippen molar-refractivity contribution in [3.05, 3.63) is 28.8 Å². The molecular formula is C15H21ClN2O2. The molecule has 20 heavy (non-hydrogen) atoms. The van der Waals surface area contributed by atoms with Crippen LogP contribution in [-0.2, 0) is 11.2 Å². The van der Waals surface area contributed by atoms with Crippen LogP contribution < -0.4 is 10.1 Å². The second kappa shape index (κ2) is 7.50. The summed E-state index contributed by atoms with van der Waals surface area (Å²) in [7, 11) is 0. The third-order valence-electron chi connectivity index (χ3n) is 3.45. The second-order valence-electron chi connectivity index (χ2n) is 4.88. The minimum absolute atomic E-state index is 0.0432. The molecule has 110 valence electrons. The molecule has 0 saturated carbocycles. The van der Waals surface area contributed by atoms with Gasteiger partial charge in [-0.15, -0.1) is 0 Å². The van der Waals surface area contributed by atoms with Crippen molar-refractivity contribution in [2.24, 2.45) is 0 Å². The van der Waals surface area contributed by atoms with E-state index >= 15 is 0 Å². The quantitative estimate of drug-likeness (QED) is 0.925. The van der Waals surface area contributed by atoms with E-state index in [1.165, 1.54) is 0 Å². The van der Waals surface area contributed by atoms with E-state index in [9.17, 15) is 4.79 Å². The van der Waals surface area contributed by atoms with Crippen LogP contribution in [-0.4, -0.2) is 43.6 Å². The van der Waals surface area contributed by atoms with E-state index in [-0.39, 0.29) is 12.5 Å². The number of nitrogens with one attached hydrogen (secondary N) is 1. The van der Waals surface area contributed by atoms with E-state index in [0.717, 1.165) is 49.6 Å². The van der Waals surface area contributed by atoms with Crippen molar-refractivity contribution in [2.75, 3.05) is 32.8 Å². The molecule has 1 aromatic rings. The molecule has 0 atom stereocenters. The van der Waals surface area contributed by atoms with E-state index in [2.05, 4.69) is 5.32 Å². The summed E-state index contributed by atoms with van der Waals surface area (Å²) < 4.78 is 5.59. The van der Waals surface area contributed by atoms with Gasteiger partial charge in [-0.25, -0.2) is 0 Å². The summed E-state index contributed by atoms with van der Waals surface area (Å²) in [5.74, 6) is 0.745. The van der Waals surface area contributed by atoms with Crippen LogP contribution in [0.25, 0.3) is 0 Å². The minimum Gasteiger partial charge on any atom is -0.484 e. The lowest BCUT2D eigenvalue weighted by atomic mass is 10.1. The Hall–Kier alpha value is -1.26. The van der Waals surface area contributed by atoms with Gasteiger partial charge < -0.3 is 15.0 Å². The molecule has 0 bridgehead atoms. The van der Waals surface area contributed by atoms with Gasteiger partial charge in [-0.2, -0.15) is 0 Å². The number of halogens is 1. The third kappa shape index (κ3) is 4.12. The van der Waals surface area contributed by atoms with Crippen LogP contribution in [0.3, 0.4) is 0 Å². The number of hydrogen-bond acceptors (Lipinski definition) is 3. The second-order valence-corrected chi connectivity index (χ2v) is 5.29. The molecule has 1 saturated heterocycles. The Balaban J connectivity index is 1.89. The minimum atomic E-state index is 0.0432. The molecule has 5 heteroatoms. The summed E-state index contributed by atoms with van der Waals surface area (Å²) in [4.78, 5) is 14.0. The summed E-state index contributed by atoms with van der Waals surface area (Å²) in [5, 5.41) is 4.02. The first-order valence-corrected chi connectivity index (χ1v) is 7.48. The largest absolute Gasteiger partial charge is 0.484 e. The number of rotatable bonds is 4. The van der Waals surface area contributed by atoms with Gasteiger partial charge in [-0.3, -0.25) is 4.79 Å². The lowest BCUT2D eigenvalue weighted by Gasteiger charge is -2.20. The van der Waals surface area contributed by atoms with Crippen LogP contribution in [0.4, 0.5) is 0 Å². The fourth-order valence-electron chi connectivity index (χ4n) is 2.24. The smallest absolute Gasteiger partial charge is 0.260 e. The van der Waals surface area contributed by atoms with Crippen LogP contribution in [0.1, 0.15) is 18.9 Å². The number of amides is 1. The van der Waals surface area contributed by atoms with Crippen molar-refractivity contribution < 1.29 is 9.53 Å². The van der Waals surface area contributed by atoms with Gasteiger partial charge >= 0.3 is 0 Å². The molecule has 0 radical (unpaired) electrons. The molecule has 1 aromatic carbocycles. The molecule has 1 heterocycles. The average Bonchev–Trinajstić information content (AvgIpc) is 2.75. The van der Waals surface area contributed by atoms with Gasteiger partial charge in [0.1, 0.15) is 5.75 Å². The third-order valence-corrected chi connectivity index (χ3v) is 3.82. The first-order valence-electron chi connectivity index (χ1n) is 7.10. The van der Waals surface area contributed by atoms with E-state index in [0.29, 0.717) is 5.75 Å². The van der Waals surface area contributed by atoms with E-state index in [1.807, 2.05) is 24.0 Å². The van der Waals surface area contributed by atoms with Crippen LogP contribution in [0, 0.1) is 0 Å². The van der Waals surface area contributed by atoms with E-state index < -0.39 is 0 Å². The van der Waals surface area contributed by atoms with Crippen molar-refractivity contribution in [1.29, 1.82) is 0 Å². The predicted octanol–water partition coefficient (Wildman–Crippen LogP) is 2.10. The number of carbonyl (C=O) groups excluding carboxylic acids is 1. The fourth-order valence-corrected chi connectivity index (χ4v) is 2.49. The Labute approximate surface area is 125 Å². The summed E-state index contributed by atoms with van der Waals surface area (Å²) in [6.07, 6.45) is 1.84. The zero-order valence-electron chi connectivity index (χ0n) is 11.8. The van der Waals surface area contributed by atoms with E-state index in [4.69, 9.17) is 16.3 Å². The molecule has 0 unspecified atom stereocenters. The summed E-state index contributed by atoms with van der Waals surface area (Å²) in [5.41, 5.74) is 1.04. The number of hydrogen-bond donors (Lipinski definition) is 1. The summed E-state index contributed by atoms with van der Waals surface area (Å²) in [6, 6.07) is 5.52. The van der Waals surface area contributed by atoms with Gasteiger partial charge in [0.25, 0.3) is 5.91 Å². The monoisotopic (exact) mass is 296 g/mol. The maximum Gasteiger partial charge on any atom is 0.260 e. The van der Waals surface area contributed by atoms with Crippen molar-refractivity contribution in [1.82, 2.24) is 10.2 Å². The molecule has 0 aromatic heterocycles. The first kappa shape index (κ1) is 15.1. The van der Waals surface area contributed by atoms with Crippen molar-refractivity contribution in [3.63, 3.8) is 0 Å².